The smallest absolute Gasteiger partial charge is 0.317 e. The van der Waals surface area contributed by atoms with Gasteiger partial charge in [-0.1, -0.05) is 6.92 Å². The van der Waals surface area contributed by atoms with E-state index < -0.39 is 5.97 Å². The number of hydrogen-bond acceptors (Lipinski definition) is 3. The van der Waals surface area contributed by atoms with Crippen molar-refractivity contribution in [3.05, 3.63) is 18.0 Å². The molecule has 1 aromatic heterocycles. The summed E-state index contributed by atoms with van der Waals surface area (Å²) in [5.41, 5.74) is 0.907. The maximum Gasteiger partial charge on any atom is 0.317 e. The molecule has 0 radical (unpaired) electrons. The van der Waals surface area contributed by atoms with E-state index in [9.17, 15) is 4.79 Å². The molecule has 1 heterocycles. The fourth-order valence-electron chi connectivity index (χ4n) is 1.56. The van der Waals surface area contributed by atoms with Gasteiger partial charge in [0.2, 0.25) is 0 Å². The molecular formula is C11H19N3O2. The first-order valence-electron chi connectivity index (χ1n) is 5.47. The third-order valence-electron chi connectivity index (χ3n) is 2.69. The van der Waals surface area contributed by atoms with Crippen molar-refractivity contribution in [2.75, 3.05) is 6.54 Å². The first-order valence-corrected chi connectivity index (χ1v) is 5.47. The normalized spacial score (nSPS) is 13.0. The Balaban J connectivity index is 2.66. The molecule has 0 saturated carbocycles. The second kappa shape index (κ2) is 5.65. The minimum absolute atomic E-state index is 0.0611. The van der Waals surface area contributed by atoms with Crippen LogP contribution in [0.1, 0.15) is 26.0 Å². The number of aromatic nitrogens is 2. The minimum atomic E-state index is -0.795. The highest BCUT2D eigenvalue weighted by atomic mass is 16.4. The van der Waals surface area contributed by atoms with Crippen LogP contribution in [-0.2, 0) is 18.4 Å². The van der Waals surface area contributed by atoms with Gasteiger partial charge in [0.1, 0.15) is 0 Å². The summed E-state index contributed by atoms with van der Waals surface area (Å²) in [4.78, 5) is 12.7. The summed E-state index contributed by atoms with van der Waals surface area (Å²) in [7, 11) is 1.86. The Morgan fingerprint density at radius 1 is 1.69 bits per heavy atom. The van der Waals surface area contributed by atoms with Crippen LogP contribution in [0.25, 0.3) is 0 Å². The highest BCUT2D eigenvalue weighted by Gasteiger charge is 2.16. The monoisotopic (exact) mass is 225 g/mol. The van der Waals surface area contributed by atoms with E-state index in [-0.39, 0.29) is 12.6 Å². The molecule has 0 aromatic carbocycles. The van der Waals surface area contributed by atoms with Gasteiger partial charge in [-0.05, 0) is 19.4 Å². The predicted molar refractivity (Wildman–Crippen MR) is 61.0 cm³/mol. The summed E-state index contributed by atoms with van der Waals surface area (Å²) in [6, 6.07) is 2.16. The molecule has 0 aliphatic rings. The van der Waals surface area contributed by atoms with E-state index in [1.807, 2.05) is 31.1 Å². The van der Waals surface area contributed by atoms with E-state index in [0.29, 0.717) is 6.54 Å². The van der Waals surface area contributed by atoms with E-state index >= 15 is 0 Å². The summed E-state index contributed by atoms with van der Waals surface area (Å²) in [6.07, 6.45) is 2.80. The fourth-order valence-corrected chi connectivity index (χ4v) is 1.56. The number of carboxylic acid groups (broad SMARTS) is 1. The minimum Gasteiger partial charge on any atom is -0.480 e. The van der Waals surface area contributed by atoms with Crippen LogP contribution >= 0.6 is 0 Å². The predicted octanol–water partition coefficient (Wildman–Crippen LogP) is 1.11. The molecule has 1 aromatic rings. The molecule has 5 heteroatoms. The number of carboxylic acids is 1. The number of rotatable bonds is 6. The topological polar surface area (TPSA) is 58.4 Å². The van der Waals surface area contributed by atoms with Gasteiger partial charge in [0.25, 0.3) is 0 Å². The van der Waals surface area contributed by atoms with E-state index in [1.165, 1.54) is 0 Å². The zero-order valence-electron chi connectivity index (χ0n) is 10.1. The van der Waals surface area contributed by atoms with E-state index in [0.717, 1.165) is 12.1 Å². The highest BCUT2D eigenvalue weighted by Crippen LogP contribution is 2.08. The first kappa shape index (κ1) is 12.7. The Labute approximate surface area is 95.7 Å². The highest BCUT2D eigenvalue weighted by molar-refractivity contribution is 5.69. The standard InChI is InChI=1S/C11H19N3O2/c1-4-9(2)14(8-11(15)16)7-10-5-6-13(3)12-10/h5-6,9H,4,7-8H2,1-3H3,(H,15,16). The molecule has 0 spiro atoms. The SMILES string of the molecule is CCC(C)N(CC(=O)O)Cc1ccn(C)n1. The van der Waals surface area contributed by atoms with Crippen LogP contribution in [0.15, 0.2) is 12.3 Å². The molecule has 16 heavy (non-hydrogen) atoms. The lowest BCUT2D eigenvalue weighted by Crippen LogP contribution is -2.36. The van der Waals surface area contributed by atoms with Crippen molar-refractivity contribution < 1.29 is 9.90 Å². The van der Waals surface area contributed by atoms with Gasteiger partial charge in [-0.25, -0.2) is 0 Å². The largest absolute Gasteiger partial charge is 0.480 e. The van der Waals surface area contributed by atoms with Crippen molar-refractivity contribution in [1.82, 2.24) is 14.7 Å². The average molecular weight is 225 g/mol. The van der Waals surface area contributed by atoms with Crippen molar-refractivity contribution in [3.63, 3.8) is 0 Å². The summed E-state index contributed by atoms with van der Waals surface area (Å²) >= 11 is 0. The van der Waals surface area contributed by atoms with Gasteiger partial charge in [0, 0.05) is 25.8 Å². The third-order valence-corrected chi connectivity index (χ3v) is 2.69. The molecule has 0 saturated heterocycles. The molecule has 0 aliphatic carbocycles. The summed E-state index contributed by atoms with van der Waals surface area (Å²) < 4.78 is 1.73. The average Bonchev–Trinajstić information content (AvgIpc) is 2.61. The maximum atomic E-state index is 10.8. The molecule has 90 valence electrons. The van der Waals surface area contributed by atoms with Crippen LogP contribution in [0.2, 0.25) is 0 Å². The molecule has 1 atom stereocenters. The Morgan fingerprint density at radius 2 is 2.38 bits per heavy atom. The van der Waals surface area contributed by atoms with E-state index in [4.69, 9.17) is 5.11 Å². The second-order valence-electron chi connectivity index (χ2n) is 4.04. The number of nitrogens with zero attached hydrogens (tertiary/aromatic N) is 3. The Hall–Kier alpha value is -1.36. The zero-order chi connectivity index (χ0) is 12.1. The molecule has 1 rings (SSSR count). The lowest BCUT2D eigenvalue weighted by Gasteiger charge is -2.25. The lowest BCUT2D eigenvalue weighted by atomic mass is 10.2. The third kappa shape index (κ3) is 3.66. The lowest BCUT2D eigenvalue weighted by molar-refractivity contribution is -0.139. The van der Waals surface area contributed by atoms with Gasteiger partial charge in [0.05, 0.1) is 12.2 Å². The zero-order valence-corrected chi connectivity index (χ0v) is 10.1. The van der Waals surface area contributed by atoms with Crippen molar-refractivity contribution in [3.8, 4) is 0 Å². The van der Waals surface area contributed by atoms with Gasteiger partial charge in [0.15, 0.2) is 0 Å². The van der Waals surface area contributed by atoms with Gasteiger partial charge < -0.3 is 5.11 Å². The maximum absolute atomic E-state index is 10.8. The van der Waals surface area contributed by atoms with Crippen molar-refractivity contribution in [2.24, 2.45) is 7.05 Å². The number of carbonyl (C=O) groups is 1. The van der Waals surface area contributed by atoms with Gasteiger partial charge >= 0.3 is 5.97 Å². The molecular weight excluding hydrogens is 206 g/mol. The van der Waals surface area contributed by atoms with Crippen LogP contribution in [0, 0.1) is 0 Å². The summed E-state index contributed by atoms with van der Waals surface area (Å²) in [5.74, 6) is -0.795. The Morgan fingerprint density at radius 3 is 2.81 bits per heavy atom. The van der Waals surface area contributed by atoms with E-state index in [2.05, 4.69) is 12.0 Å². The molecule has 0 amide bonds. The molecule has 0 aliphatic heterocycles. The fraction of sp³-hybridized carbons (Fsp3) is 0.636. The van der Waals surface area contributed by atoms with Crippen LogP contribution in [0.5, 0.6) is 0 Å². The van der Waals surface area contributed by atoms with Crippen molar-refractivity contribution >= 4 is 5.97 Å². The molecule has 1 unspecified atom stereocenters. The van der Waals surface area contributed by atoms with Crippen LogP contribution in [-0.4, -0.2) is 38.3 Å². The number of hydrogen-bond donors (Lipinski definition) is 1. The van der Waals surface area contributed by atoms with Crippen LogP contribution < -0.4 is 0 Å². The summed E-state index contributed by atoms with van der Waals surface area (Å²) in [5, 5.41) is 13.1. The Bertz CT molecular complexity index is 349. The number of aliphatic carboxylic acids is 1. The van der Waals surface area contributed by atoms with Crippen LogP contribution in [0.3, 0.4) is 0 Å². The van der Waals surface area contributed by atoms with Crippen LogP contribution in [0.4, 0.5) is 0 Å². The number of aryl methyl sites for hydroxylation is 1. The first-order chi connectivity index (χ1) is 7.52. The van der Waals surface area contributed by atoms with Crippen molar-refractivity contribution in [2.45, 2.75) is 32.9 Å². The second-order valence-corrected chi connectivity index (χ2v) is 4.04. The molecule has 0 bridgehead atoms. The Kier molecular flexibility index (Phi) is 4.49. The molecule has 1 N–H and O–H groups in total. The summed E-state index contributed by atoms with van der Waals surface area (Å²) in [6.45, 7) is 4.73. The van der Waals surface area contributed by atoms with Crippen molar-refractivity contribution in [1.29, 1.82) is 0 Å². The van der Waals surface area contributed by atoms with Gasteiger partial charge in [-0.3, -0.25) is 14.4 Å². The quantitative estimate of drug-likeness (QED) is 0.787. The van der Waals surface area contributed by atoms with Gasteiger partial charge in [-0.15, -0.1) is 0 Å². The molecule has 0 fully saturated rings. The van der Waals surface area contributed by atoms with Gasteiger partial charge in [-0.2, -0.15) is 5.10 Å². The molecule has 5 nitrogen and oxygen atoms in total. The van der Waals surface area contributed by atoms with E-state index in [1.54, 1.807) is 4.68 Å².